The summed E-state index contributed by atoms with van der Waals surface area (Å²) in [5, 5.41) is 5.12. The minimum Gasteiger partial charge on any atom is -0.352 e. The van der Waals surface area contributed by atoms with Crippen LogP contribution in [0.5, 0.6) is 0 Å². The van der Waals surface area contributed by atoms with Gasteiger partial charge in [-0.25, -0.2) is 0 Å². The van der Waals surface area contributed by atoms with Crippen molar-refractivity contribution in [3.8, 4) is 0 Å². The molecule has 2 aromatic rings. The fraction of sp³-hybridized carbons (Fsp3) is 0.417. The molecule has 0 saturated heterocycles. The highest BCUT2D eigenvalue weighted by molar-refractivity contribution is 7.99. The zero-order chi connectivity index (χ0) is 24.0. The Hall–Kier alpha value is -1.11. The van der Waals surface area contributed by atoms with E-state index in [1.807, 2.05) is 0 Å². The molecule has 1 fully saturated rings. The van der Waals surface area contributed by atoms with Crippen LogP contribution in [-0.4, -0.2) is 34.6 Å². The van der Waals surface area contributed by atoms with Crippen LogP contribution in [0.1, 0.15) is 43.7 Å². The Morgan fingerprint density at radius 2 is 1.48 bits per heavy atom. The number of rotatable bonds is 9. The number of thioether (sulfide) groups is 1. The van der Waals surface area contributed by atoms with Gasteiger partial charge in [-0.3, -0.25) is 9.59 Å². The molecular formula is C24H26Cl4N2O2S. The fourth-order valence-corrected chi connectivity index (χ4v) is 5.99. The van der Waals surface area contributed by atoms with Gasteiger partial charge in [0.2, 0.25) is 11.8 Å². The first-order valence-corrected chi connectivity index (χ1v) is 13.5. The zero-order valence-electron chi connectivity index (χ0n) is 18.3. The fourth-order valence-electron chi connectivity index (χ4n) is 3.82. The SMILES string of the molecule is CC(C(=O)NC1CCCC1)N(Cc1c(Cl)cccc1Cl)C(=O)CSCc1c(Cl)cccc1Cl. The van der Waals surface area contributed by atoms with E-state index in [0.717, 1.165) is 31.2 Å². The summed E-state index contributed by atoms with van der Waals surface area (Å²) < 4.78 is 0. The minimum absolute atomic E-state index is 0.143. The Morgan fingerprint density at radius 1 is 0.970 bits per heavy atom. The van der Waals surface area contributed by atoms with Crippen molar-refractivity contribution < 1.29 is 9.59 Å². The number of hydrogen-bond donors (Lipinski definition) is 1. The highest BCUT2D eigenvalue weighted by atomic mass is 35.5. The Kier molecular flexibility index (Phi) is 10.1. The molecule has 0 aromatic heterocycles. The number of amides is 2. The molecular weight excluding hydrogens is 522 g/mol. The van der Waals surface area contributed by atoms with Crippen LogP contribution in [0.2, 0.25) is 20.1 Å². The van der Waals surface area contributed by atoms with E-state index in [2.05, 4.69) is 5.32 Å². The maximum Gasteiger partial charge on any atom is 0.242 e. The number of nitrogens with zero attached hydrogens (tertiary/aromatic N) is 1. The molecule has 1 aliphatic rings. The second-order valence-corrected chi connectivity index (χ2v) is 10.7. The first-order chi connectivity index (χ1) is 15.8. The van der Waals surface area contributed by atoms with Gasteiger partial charge in [-0.1, -0.05) is 71.4 Å². The molecule has 1 aliphatic carbocycles. The second kappa shape index (κ2) is 12.6. The van der Waals surface area contributed by atoms with Crippen LogP contribution in [0.4, 0.5) is 0 Å². The molecule has 178 valence electrons. The van der Waals surface area contributed by atoms with Gasteiger partial charge in [0.05, 0.1) is 5.75 Å². The molecule has 33 heavy (non-hydrogen) atoms. The standard InChI is InChI=1S/C24H26Cl4N2O2S/c1-15(24(32)29-16-6-2-3-7-16)30(12-17-19(25)8-4-9-20(17)26)23(31)14-33-13-18-21(27)10-5-11-22(18)28/h4-5,8-11,15-16H,2-3,6-7,12-14H2,1H3,(H,29,32). The number of nitrogens with one attached hydrogen (secondary N) is 1. The lowest BCUT2D eigenvalue weighted by Crippen LogP contribution is -2.50. The first-order valence-electron chi connectivity index (χ1n) is 10.8. The third kappa shape index (κ3) is 7.19. The van der Waals surface area contributed by atoms with Gasteiger partial charge < -0.3 is 10.2 Å². The first kappa shape index (κ1) is 26.5. The predicted octanol–water partition coefficient (Wildman–Crippen LogP) is 7.01. The van der Waals surface area contributed by atoms with Gasteiger partial charge in [-0.15, -0.1) is 11.8 Å². The molecule has 1 N–H and O–H groups in total. The average molecular weight is 548 g/mol. The maximum absolute atomic E-state index is 13.3. The van der Waals surface area contributed by atoms with E-state index in [9.17, 15) is 9.59 Å². The lowest BCUT2D eigenvalue weighted by molar-refractivity contribution is -0.138. The van der Waals surface area contributed by atoms with Crippen molar-refractivity contribution in [1.82, 2.24) is 10.2 Å². The highest BCUT2D eigenvalue weighted by Gasteiger charge is 2.29. The summed E-state index contributed by atoms with van der Waals surface area (Å²) in [4.78, 5) is 27.8. The number of carbonyl (C=O) groups is 2. The van der Waals surface area contributed by atoms with Crippen LogP contribution < -0.4 is 5.32 Å². The van der Waals surface area contributed by atoms with E-state index in [1.165, 1.54) is 11.8 Å². The molecule has 2 amide bonds. The van der Waals surface area contributed by atoms with Crippen molar-refractivity contribution in [2.24, 2.45) is 0 Å². The van der Waals surface area contributed by atoms with Crippen LogP contribution in [0.25, 0.3) is 0 Å². The van der Waals surface area contributed by atoms with Crippen molar-refractivity contribution >= 4 is 70.0 Å². The van der Waals surface area contributed by atoms with Crippen molar-refractivity contribution in [1.29, 1.82) is 0 Å². The number of carbonyl (C=O) groups excluding carboxylic acids is 2. The summed E-state index contributed by atoms with van der Waals surface area (Å²) in [5.41, 5.74) is 1.40. The maximum atomic E-state index is 13.3. The average Bonchev–Trinajstić information content (AvgIpc) is 3.28. The molecule has 0 heterocycles. The molecule has 0 aliphatic heterocycles. The number of halogens is 4. The smallest absolute Gasteiger partial charge is 0.242 e. The van der Waals surface area contributed by atoms with Gasteiger partial charge >= 0.3 is 0 Å². The molecule has 3 rings (SSSR count). The topological polar surface area (TPSA) is 49.4 Å². The predicted molar refractivity (Wildman–Crippen MR) is 139 cm³/mol. The highest BCUT2D eigenvalue weighted by Crippen LogP contribution is 2.30. The van der Waals surface area contributed by atoms with Crippen LogP contribution in [-0.2, 0) is 21.9 Å². The van der Waals surface area contributed by atoms with Crippen molar-refractivity contribution in [2.45, 2.75) is 57.0 Å². The van der Waals surface area contributed by atoms with Crippen molar-refractivity contribution in [3.63, 3.8) is 0 Å². The minimum atomic E-state index is -0.671. The van der Waals surface area contributed by atoms with Gasteiger partial charge in [0.15, 0.2) is 0 Å². The molecule has 1 unspecified atom stereocenters. The molecule has 4 nitrogen and oxygen atoms in total. The molecule has 0 radical (unpaired) electrons. The lowest BCUT2D eigenvalue weighted by atomic mass is 10.1. The monoisotopic (exact) mass is 546 g/mol. The van der Waals surface area contributed by atoms with Gasteiger partial charge in [0.25, 0.3) is 0 Å². The van der Waals surface area contributed by atoms with Crippen LogP contribution >= 0.6 is 58.2 Å². The Balaban J connectivity index is 1.73. The summed E-state index contributed by atoms with van der Waals surface area (Å²) in [6, 6.07) is 10.0. The zero-order valence-corrected chi connectivity index (χ0v) is 22.1. The quantitative estimate of drug-likeness (QED) is 0.367. The van der Waals surface area contributed by atoms with E-state index in [-0.39, 0.29) is 30.2 Å². The molecule has 1 atom stereocenters. The Labute approximate surface area is 219 Å². The van der Waals surface area contributed by atoms with Crippen LogP contribution in [0.3, 0.4) is 0 Å². The summed E-state index contributed by atoms with van der Waals surface area (Å²) in [5.74, 6) is 0.281. The van der Waals surface area contributed by atoms with Crippen molar-refractivity contribution in [2.75, 3.05) is 5.75 Å². The normalized spacial score (nSPS) is 14.8. The van der Waals surface area contributed by atoms with E-state index < -0.39 is 6.04 Å². The Bertz CT molecular complexity index is 958. The van der Waals surface area contributed by atoms with Gasteiger partial charge in [-0.05, 0) is 49.6 Å². The van der Waals surface area contributed by atoms with Gasteiger partial charge in [0.1, 0.15) is 6.04 Å². The third-order valence-electron chi connectivity index (χ3n) is 5.79. The molecule has 0 spiro atoms. The Morgan fingerprint density at radius 3 is 2.03 bits per heavy atom. The third-order valence-corrected chi connectivity index (χ3v) is 8.15. The molecule has 0 bridgehead atoms. The lowest BCUT2D eigenvalue weighted by Gasteiger charge is -2.30. The summed E-state index contributed by atoms with van der Waals surface area (Å²) in [7, 11) is 0. The number of benzene rings is 2. The van der Waals surface area contributed by atoms with Gasteiger partial charge in [0, 0.05) is 44.0 Å². The van der Waals surface area contributed by atoms with E-state index >= 15 is 0 Å². The van der Waals surface area contributed by atoms with E-state index in [0.29, 0.717) is 31.4 Å². The summed E-state index contributed by atoms with van der Waals surface area (Å²) in [6.45, 7) is 1.88. The van der Waals surface area contributed by atoms with E-state index in [1.54, 1.807) is 48.2 Å². The molecule has 2 aromatic carbocycles. The van der Waals surface area contributed by atoms with Gasteiger partial charge in [-0.2, -0.15) is 0 Å². The molecule has 9 heteroatoms. The van der Waals surface area contributed by atoms with E-state index in [4.69, 9.17) is 46.4 Å². The largest absolute Gasteiger partial charge is 0.352 e. The summed E-state index contributed by atoms with van der Waals surface area (Å²) in [6.07, 6.45) is 4.16. The van der Waals surface area contributed by atoms with Crippen molar-refractivity contribution in [3.05, 3.63) is 67.6 Å². The molecule has 1 saturated carbocycles. The second-order valence-electron chi connectivity index (χ2n) is 8.08. The van der Waals surface area contributed by atoms with Crippen LogP contribution in [0, 0.1) is 0 Å². The number of hydrogen-bond acceptors (Lipinski definition) is 3. The van der Waals surface area contributed by atoms with Crippen LogP contribution in [0.15, 0.2) is 36.4 Å². The summed E-state index contributed by atoms with van der Waals surface area (Å²) >= 11 is 26.6.